The van der Waals surface area contributed by atoms with Crippen molar-refractivity contribution in [1.82, 2.24) is 9.88 Å². The van der Waals surface area contributed by atoms with Crippen molar-refractivity contribution >= 4 is 22.9 Å². The van der Waals surface area contributed by atoms with Crippen molar-refractivity contribution < 1.29 is 4.79 Å². The first-order valence-corrected chi connectivity index (χ1v) is 10.6. The lowest BCUT2D eigenvalue weighted by molar-refractivity contribution is 0.0962. The van der Waals surface area contributed by atoms with Crippen molar-refractivity contribution in [2.24, 2.45) is 0 Å². The molecule has 1 amide bonds. The van der Waals surface area contributed by atoms with E-state index in [0.717, 1.165) is 43.0 Å². The van der Waals surface area contributed by atoms with E-state index in [1.807, 2.05) is 40.9 Å². The zero-order valence-electron chi connectivity index (χ0n) is 16.1. The van der Waals surface area contributed by atoms with Gasteiger partial charge >= 0.3 is 0 Å². The third-order valence-electron chi connectivity index (χ3n) is 5.31. The highest BCUT2D eigenvalue weighted by Gasteiger charge is 2.30. The molecule has 0 aliphatic carbocycles. The van der Waals surface area contributed by atoms with Crippen LogP contribution in [0, 0.1) is 6.92 Å². The lowest BCUT2D eigenvalue weighted by Gasteiger charge is -2.38. The molecule has 0 N–H and O–H groups in total. The average Bonchev–Trinajstić information content (AvgIpc) is 3.27. The summed E-state index contributed by atoms with van der Waals surface area (Å²) in [6.45, 7) is 4.97. The number of rotatable bonds is 5. The summed E-state index contributed by atoms with van der Waals surface area (Å²) in [6, 6.07) is 16.5. The van der Waals surface area contributed by atoms with Gasteiger partial charge in [0.2, 0.25) is 0 Å². The van der Waals surface area contributed by atoms with Crippen LogP contribution in [-0.4, -0.2) is 34.9 Å². The summed E-state index contributed by atoms with van der Waals surface area (Å²) in [7, 11) is 0. The number of piperidine rings is 1. The zero-order chi connectivity index (χ0) is 19.3. The van der Waals surface area contributed by atoms with Crippen molar-refractivity contribution in [1.29, 1.82) is 0 Å². The number of amides is 1. The summed E-state index contributed by atoms with van der Waals surface area (Å²) >= 11 is 1.51. The van der Waals surface area contributed by atoms with Crippen LogP contribution in [0.4, 0.5) is 5.69 Å². The summed E-state index contributed by atoms with van der Waals surface area (Å²) in [4.78, 5) is 22.8. The third kappa shape index (κ3) is 4.32. The van der Waals surface area contributed by atoms with Crippen LogP contribution in [0.5, 0.6) is 0 Å². The van der Waals surface area contributed by atoms with E-state index in [-0.39, 0.29) is 11.9 Å². The SMILES string of the molecule is Cc1ccc(N(C(=O)c2cccs2)C2CCN(Cc3cccnc3)CC2)cc1. The summed E-state index contributed by atoms with van der Waals surface area (Å²) in [6.07, 6.45) is 5.70. The molecule has 3 heterocycles. The molecule has 0 unspecified atom stereocenters. The number of hydrogen-bond acceptors (Lipinski definition) is 4. The molecule has 3 aromatic rings. The van der Waals surface area contributed by atoms with Gasteiger partial charge in [-0.25, -0.2) is 0 Å². The van der Waals surface area contributed by atoms with E-state index >= 15 is 0 Å². The number of thiophene rings is 1. The first kappa shape index (κ1) is 18.8. The minimum absolute atomic E-state index is 0.115. The summed E-state index contributed by atoms with van der Waals surface area (Å²) in [5.41, 5.74) is 3.44. The van der Waals surface area contributed by atoms with E-state index in [0.29, 0.717) is 0 Å². The Morgan fingerprint density at radius 1 is 1.14 bits per heavy atom. The number of nitrogens with zero attached hydrogens (tertiary/aromatic N) is 3. The number of likely N-dealkylation sites (tertiary alicyclic amines) is 1. The summed E-state index contributed by atoms with van der Waals surface area (Å²) < 4.78 is 0. The largest absolute Gasteiger partial charge is 0.305 e. The highest BCUT2D eigenvalue weighted by Crippen LogP contribution is 2.28. The standard InChI is InChI=1S/C23H25N3OS/c1-18-6-8-20(9-7-18)26(23(27)22-5-3-15-28-22)21-10-13-25(14-11-21)17-19-4-2-12-24-16-19/h2-9,12,15-16,21H,10-11,13-14,17H2,1H3. The molecule has 4 rings (SSSR count). The van der Waals surface area contributed by atoms with E-state index in [9.17, 15) is 4.79 Å². The second kappa shape index (κ2) is 8.67. The highest BCUT2D eigenvalue weighted by molar-refractivity contribution is 7.12. The van der Waals surface area contributed by atoms with Crippen molar-refractivity contribution in [2.75, 3.05) is 18.0 Å². The summed E-state index contributed by atoms with van der Waals surface area (Å²) in [5.74, 6) is 0.115. The molecule has 1 aliphatic rings. The van der Waals surface area contributed by atoms with E-state index in [2.05, 4.69) is 47.1 Å². The van der Waals surface area contributed by atoms with Gasteiger partial charge in [0.25, 0.3) is 5.91 Å². The van der Waals surface area contributed by atoms with Crippen LogP contribution in [0.15, 0.2) is 66.3 Å². The van der Waals surface area contributed by atoms with Crippen LogP contribution in [0.2, 0.25) is 0 Å². The van der Waals surface area contributed by atoms with Gasteiger partial charge in [0.1, 0.15) is 0 Å². The van der Waals surface area contributed by atoms with Crippen LogP contribution in [-0.2, 0) is 6.54 Å². The smallest absolute Gasteiger partial charge is 0.268 e. The van der Waals surface area contributed by atoms with Crippen molar-refractivity contribution in [3.63, 3.8) is 0 Å². The number of pyridine rings is 1. The van der Waals surface area contributed by atoms with E-state index in [4.69, 9.17) is 0 Å². The maximum atomic E-state index is 13.3. The highest BCUT2D eigenvalue weighted by atomic mass is 32.1. The van der Waals surface area contributed by atoms with Crippen molar-refractivity contribution in [2.45, 2.75) is 32.4 Å². The third-order valence-corrected chi connectivity index (χ3v) is 6.17. The van der Waals surface area contributed by atoms with Crippen molar-refractivity contribution in [3.8, 4) is 0 Å². The molecular weight excluding hydrogens is 366 g/mol. The van der Waals surface area contributed by atoms with Crippen LogP contribution in [0.3, 0.4) is 0 Å². The van der Waals surface area contributed by atoms with Gasteiger partial charge in [-0.15, -0.1) is 11.3 Å². The molecule has 0 atom stereocenters. The Morgan fingerprint density at radius 3 is 2.57 bits per heavy atom. The molecule has 144 valence electrons. The molecule has 1 saturated heterocycles. The minimum Gasteiger partial charge on any atom is -0.305 e. The Bertz CT molecular complexity index is 885. The Labute approximate surface area is 170 Å². The molecule has 0 saturated carbocycles. The second-order valence-corrected chi connectivity index (χ2v) is 8.30. The molecule has 28 heavy (non-hydrogen) atoms. The number of aromatic nitrogens is 1. The number of carbonyl (C=O) groups is 1. The van der Waals surface area contributed by atoms with Gasteiger partial charge in [-0.2, -0.15) is 0 Å². The first-order chi connectivity index (χ1) is 13.7. The number of benzene rings is 1. The predicted octanol–water partition coefficient (Wildman–Crippen LogP) is 4.76. The van der Waals surface area contributed by atoms with Gasteiger partial charge < -0.3 is 4.90 Å². The predicted molar refractivity (Wildman–Crippen MR) is 115 cm³/mol. The van der Waals surface area contributed by atoms with Gasteiger partial charge in [-0.3, -0.25) is 14.7 Å². The normalized spacial score (nSPS) is 15.5. The van der Waals surface area contributed by atoms with E-state index < -0.39 is 0 Å². The maximum Gasteiger partial charge on any atom is 0.268 e. The molecule has 1 aromatic carbocycles. The van der Waals surface area contributed by atoms with Gasteiger partial charge in [-0.1, -0.05) is 29.8 Å². The van der Waals surface area contributed by atoms with Gasteiger partial charge in [0.15, 0.2) is 0 Å². The van der Waals surface area contributed by atoms with Gasteiger partial charge in [0.05, 0.1) is 4.88 Å². The monoisotopic (exact) mass is 391 g/mol. The van der Waals surface area contributed by atoms with E-state index in [1.54, 1.807) is 0 Å². The fourth-order valence-corrected chi connectivity index (χ4v) is 4.46. The lowest BCUT2D eigenvalue weighted by Crippen LogP contribution is -2.47. The Morgan fingerprint density at radius 2 is 1.93 bits per heavy atom. The van der Waals surface area contributed by atoms with Crippen LogP contribution < -0.4 is 4.90 Å². The fourth-order valence-electron chi connectivity index (χ4n) is 3.80. The van der Waals surface area contributed by atoms with Crippen LogP contribution in [0.25, 0.3) is 0 Å². The minimum atomic E-state index is 0.115. The Kier molecular flexibility index (Phi) is 5.84. The van der Waals surface area contributed by atoms with Crippen molar-refractivity contribution in [3.05, 3.63) is 82.3 Å². The Hall–Kier alpha value is -2.50. The first-order valence-electron chi connectivity index (χ1n) is 9.76. The summed E-state index contributed by atoms with van der Waals surface area (Å²) in [5, 5.41) is 1.97. The molecule has 0 bridgehead atoms. The number of hydrogen-bond donors (Lipinski definition) is 0. The number of anilines is 1. The quantitative estimate of drug-likeness (QED) is 0.629. The maximum absolute atomic E-state index is 13.3. The van der Waals surface area contributed by atoms with Gasteiger partial charge in [-0.05, 0) is 55.0 Å². The van der Waals surface area contributed by atoms with E-state index in [1.165, 1.54) is 22.5 Å². The lowest BCUT2D eigenvalue weighted by atomic mass is 10.0. The Balaban J connectivity index is 1.49. The topological polar surface area (TPSA) is 36.4 Å². The number of aryl methyl sites for hydroxylation is 1. The second-order valence-electron chi connectivity index (χ2n) is 7.36. The molecule has 5 heteroatoms. The fraction of sp³-hybridized carbons (Fsp3) is 0.304. The van der Waals surface area contributed by atoms with Crippen LogP contribution in [0.1, 0.15) is 33.6 Å². The average molecular weight is 392 g/mol. The molecule has 4 nitrogen and oxygen atoms in total. The molecule has 0 radical (unpaired) electrons. The number of carbonyl (C=O) groups excluding carboxylic acids is 1. The molecule has 1 fully saturated rings. The van der Waals surface area contributed by atoms with Crippen LogP contribution >= 0.6 is 11.3 Å². The molecule has 2 aromatic heterocycles. The molecule has 0 spiro atoms. The zero-order valence-corrected chi connectivity index (χ0v) is 16.9. The molecular formula is C23H25N3OS. The van der Waals surface area contributed by atoms with Gasteiger partial charge in [0, 0.05) is 43.8 Å². The molecule has 1 aliphatic heterocycles.